The number of nitrogens with zero attached hydrogens (tertiary/aromatic N) is 3. The first kappa shape index (κ1) is 14.3. The standard InChI is InChI=1S/C16H24N3O2/c20-19(15-6-2-1-3-7-15)13-14-5-4-8-17-16(14)18-9-11-21-12-10-18/h4-5,8,13,15,20H,1-3,6-7,9-12H2/q+1. The molecule has 0 atom stereocenters. The molecule has 1 aromatic heterocycles. The van der Waals surface area contributed by atoms with Gasteiger partial charge in [0.25, 0.3) is 0 Å². The highest BCUT2D eigenvalue weighted by molar-refractivity contribution is 5.83. The zero-order valence-electron chi connectivity index (χ0n) is 12.4. The Hall–Kier alpha value is -1.62. The number of rotatable bonds is 3. The van der Waals surface area contributed by atoms with Gasteiger partial charge in [-0.1, -0.05) is 6.42 Å². The lowest BCUT2D eigenvalue weighted by Crippen LogP contribution is -2.37. The van der Waals surface area contributed by atoms with Gasteiger partial charge in [-0.25, -0.2) is 4.98 Å². The van der Waals surface area contributed by atoms with Gasteiger partial charge in [0, 0.05) is 32.1 Å². The van der Waals surface area contributed by atoms with Crippen LogP contribution in [-0.2, 0) is 4.74 Å². The maximum atomic E-state index is 10.4. The minimum Gasteiger partial charge on any atom is -0.378 e. The summed E-state index contributed by atoms with van der Waals surface area (Å²) in [6.45, 7) is 3.18. The fourth-order valence-electron chi connectivity index (χ4n) is 3.14. The van der Waals surface area contributed by atoms with E-state index in [1.165, 1.54) is 24.0 Å². The number of ether oxygens (including phenoxy) is 1. The third kappa shape index (κ3) is 3.53. The van der Waals surface area contributed by atoms with Crippen LogP contribution in [0.2, 0.25) is 0 Å². The van der Waals surface area contributed by atoms with Gasteiger partial charge >= 0.3 is 0 Å². The summed E-state index contributed by atoms with van der Waals surface area (Å²) in [5.41, 5.74) is 0.979. The SMILES string of the molecule is O[N+](=Cc1cccnc1N1CCOCC1)C1CCCCC1. The van der Waals surface area contributed by atoms with Crippen LogP contribution in [-0.4, -0.2) is 53.5 Å². The van der Waals surface area contributed by atoms with Crippen molar-refractivity contribution < 1.29 is 14.7 Å². The van der Waals surface area contributed by atoms with Crippen LogP contribution in [0.5, 0.6) is 0 Å². The summed E-state index contributed by atoms with van der Waals surface area (Å²) in [6.07, 6.45) is 9.49. The van der Waals surface area contributed by atoms with E-state index in [4.69, 9.17) is 4.74 Å². The summed E-state index contributed by atoms with van der Waals surface area (Å²) in [6, 6.07) is 4.19. The summed E-state index contributed by atoms with van der Waals surface area (Å²) in [5.74, 6) is 0.940. The van der Waals surface area contributed by atoms with Crippen molar-refractivity contribution in [2.75, 3.05) is 31.2 Å². The Morgan fingerprint density at radius 2 is 2.00 bits per heavy atom. The van der Waals surface area contributed by atoms with Gasteiger partial charge < -0.3 is 9.64 Å². The second-order valence-corrected chi connectivity index (χ2v) is 5.82. The molecule has 1 aromatic rings. The average Bonchev–Trinajstić information content (AvgIpc) is 2.57. The van der Waals surface area contributed by atoms with Gasteiger partial charge in [0.2, 0.25) is 12.3 Å². The number of anilines is 1. The van der Waals surface area contributed by atoms with E-state index in [-0.39, 0.29) is 6.04 Å². The Kier molecular flexibility index (Phi) is 4.70. The number of aromatic nitrogens is 1. The van der Waals surface area contributed by atoms with Gasteiger partial charge in [-0.3, -0.25) is 5.21 Å². The van der Waals surface area contributed by atoms with Crippen LogP contribution in [0.15, 0.2) is 18.3 Å². The van der Waals surface area contributed by atoms with Gasteiger partial charge in [0.1, 0.15) is 5.82 Å². The number of morpholine rings is 1. The lowest BCUT2D eigenvalue weighted by Gasteiger charge is -2.28. The molecular formula is C16H24N3O2+. The van der Waals surface area contributed by atoms with Gasteiger partial charge in [-0.2, -0.15) is 0 Å². The molecule has 1 aliphatic heterocycles. The Balaban J connectivity index is 1.80. The Labute approximate surface area is 125 Å². The molecule has 5 nitrogen and oxygen atoms in total. The summed E-state index contributed by atoms with van der Waals surface area (Å²) in [4.78, 5) is 6.73. The Morgan fingerprint density at radius 3 is 2.76 bits per heavy atom. The van der Waals surface area contributed by atoms with Crippen LogP contribution >= 0.6 is 0 Å². The fourth-order valence-corrected chi connectivity index (χ4v) is 3.14. The molecule has 2 heterocycles. The zero-order chi connectivity index (χ0) is 14.5. The lowest BCUT2D eigenvalue weighted by molar-refractivity contribution is -0.797. The van der Waals surface area contributed by atoms with Crippen molar-refractivity contribution in [3.05, 3.63) is 23.9 Å². The van der Waals surface area contributed by atoms with E-state index in [9.17, 15) is 5.21 Å². The van der Waals surface area contributed by atoms with Crippen molar-refractivity contribution in [2.24, 2.45) is 0 Å². The third-order valence-electron chi connectivity index (χ3n) is 4.35. The first-order valence-electron chi connectivity index (χ1n) is 7.94. The van der Waals surface area contributed by atoms with Crippen LogP contribution < -0.4 is 4.90 Å². The Bertz CT molecular complexity index is 492. The Morgan fingerprint density at radius 1 is 1.24 bits per heavy atom. The molecule has 1 aliphatic carbocycles. The van der Waals surface area contributed by atoms with E-state index in [1.807, 2.05) is 24.5 Å². The van der Waals surface area contributed by atoms with E-state index in [0.29, 0.717) is 0 Å². The molecule has 21 heavy (non-hydrogen) atoms. The molecule has 5 heteroatoms. The summed E-state index contributed by atoms with van der Waals surface area (Å²) >= 11 is 0. The maximum Gasteiger partial charge on any atom is 0.226 e. The molecular weight excluding hydrogens is 266 g/mol. The van der Waals surface area contributed by atoms with Crippen LogP contribution in [0.4, 0.5) is 5.82 Å². The number of hydroxylamine groups is 1. The molecule has 0 aromatic carbocycles. The van der Waals surface area contributed by atoms with E-state index in [0.717, 1.165) is 50.5 Å². The van der Waals surface area contributed by atoms with Crippen molar-refractivity contribution in [2.45, 2.75) is 38.1 Å². The molecule has 0 amide bonds. The van der Waals surface area contributed by atoms with Crippen LogP contribution in [0.3, 0.4) is 0 Å². The molecule has 1 N–H and O–H groups in total. The van der Waals surface area contributed by atoms with Crippen molar-refractivity contribution in [3.63, 3.8) is 0 Å². The smallest absolute Gasteiger partial charge is 0.226 e. The fraction of sp³-hybridized carbons (Fsp3) is 0.625. The molecule has 0 radical (unpaired) electrons. The monoisotopic (exact) mass is 290 g/mol. The number of hydrogen-bond acceptors (Lipinski definition) is 4. The first-order chi connectivity index (χ1) is 10.3. The van der Waals surface area contributed by atoms with Gasteiger partial charge in [0.05, 0.1) is 18.8 Å². The van der Waals surface area contributed by atoms with Crippen molar-refractivity contribution in [1.29, 1.82) is 0 Å². The van der Waals surface area contributed by atoms with Crippen LogP contribution in [0.1, 0.15) is 37.7 Å². The molecule has 0 bridgehead atoms. The molecule has 2 aliphatic rings. The zero-order valence-corrected chi connectivity index (χ0v) is 12.4. The molecule has 114 valence electrons. The largest absolute Gasteiger partial charge is 0.378 e. The summed E-state index contributed by atoms with van der Waals surface area (Å²) < 4.78 is 6.80. The van der Waals surface area contributed by atoms with E-state index in [1.54, 1.807) is 0 Å². The molecule has 1 saturated heterocycles. The van der Waals surface area contributed by atoms with Crippen molar-refractivity contribution in [3.8, 4) is 0 Å². The molecule has 1 saturated carbocycles. The minimum atomic E-state index is 0.247. The van der Waals surface area contributed by atoms with Gasteiger partial charge in [-0.05, 0) is 29.7 Å². The predicted molar refractivity (Wildman–Crippen MR) is 81.4 cm³/mol. The maximum absolute atomic E-state index is 10.4. The highest BCUT2D eigenvalue weighted by Crippen LogP contribution is 2.21. The van der Waals surface area contributed by atoms with Crippen LogP contribution in [0.25, 0.3) is 0 Å². The highest BCUT2D eigenvalue weighted by atomic mass is 16.5. The highest BCUT2D eigenvalue weighted by Gasteiger charge is 2.25. The second kappa shape index (κ2) is 6.89. The van der Waals surface area contributed by atoms with Crippen molar-refractivity contribution in [1.82, 2.24) is 4.98 Å². The predicted octanol–water partition coefficient (Wildman–Crippen LogP) is 2.07. The van der Waals surface area contributed by atoms with Crippen LogP contribution in [0, 0.1) is 0 Å². The van der Waals surface area contributed by atoms with E-state index < -0.39 is 0 Å². The van der Waals surface area contributed by atoms with Crippen molar-refractivity contribution >= 4 is 12.0 Å². The quantitative estimate of drug-likeness (QED) is 0.401. The molecule has 3 rings (SSSR count). The summed E-state index contributed by atoms with van der Waals surface area (Å²) in [5, 5.41) is 10.4. The van der Waals surface area contributed by atoms with E-state index >= 15 is 0 Å². The topological polar surface area (TPSA) is 48.6 Å². The van der Waals surface area contributed by atoms with Gasteiger partial charge in [0.15, 0.2) is 0 Å². The molecule has 2 fully saturated rings. The number of pyridine rings is 1. The molecule has 0 unspecified atom stereocenters. The second-order valence-electron chi connectivity index (χ2n) is 5.82. The van der Waals surface area contributed by atoms with Gasteiger partial charge in [-0.15, -0.1) is 0 Å². The number of hydrogen-bond donors (Lipinski definition) is 1. The normalized spacial score (nSPS) is 21.5. The first-order valence-corrected chi connectivity index (χ1v) is 7.94. The van der Waals surface area contributed by atoms with E-state index in [2.05, 4.69) is 9.88 Å². The molecule has 0 spiro atoms. The average molecular weight is 290 g/mol. The minimum absolute atomic E-state index is 0.247. The third-order valence-corrected chi connectivity index (χ3v) is 4.35. The summed E-state index contributed by atoms with van der Waals surface area (Å²) in [7, 11) is 0. The lowest BCUT2D eigenvalue weighted by atomic mass is 9.96.